The molecule has 1 heterocycles. The number of ether oxygens (including phenoxy) is 1. The highest BCUT2D eigenvalue weighted by atomic mass is 16.5. The van der Waals surface area contributed by atoms with E-state index < -0.39 is 0 Å². The van der Waals surface area contributed by atoms with Gasteiger partial charge < -0.3 is 4.74 Å². The van der Waals surface area contributed by atoms with Gasteiger partial charge in [0.2, 0.25) is 0 Å². The first-order valence-electron chi connectivity index (χ1n) is 5.89. The standard InChI is InChI=1S/C15H17NO/c1-3-15(13-5-4-10-16-11-13)12-6-8-14(17-2)9-7-12/h4-11,15H,3H2,1-2H3. The van der Waals surface area contributed by atoms with Crippen molar-refractivity contribution in [1.29, 1.82) is 0 Å². The number of aromatic nitrogens is 1. The number of benzene rings is 1. The number of pyridine rings is 1. The lowest BCUT2D eigenvalue weighted by molar-refractivity contribution is 0.414. The molecule has 0 spiro atoms. The summed E-state index contributed by atoms with van der Waals surface area (Å²) >= 11 is 0. The molecule has 88 valence electrons. The van der Waals surface area contributed by atoms with Crippen LogP contribution >= 0.6 is 0 Å². The molecule has 2 heteroatoms. The number of methoxy groups -OCH3 is 1. The smallest absolute Gasteiger partial charge is 0.118 e. The van der Waals surface area contributed by atoms with Crippen LogP contribution in [0.25, 0.3) is 0 Å². The third kappa shape index (κ3) is 2.64. The number of rotatable bonds is 4. The Bertz CT molecular complexity index is 450. The van der Waals surface area contributed by atoms with E-state index in [1.165, 1.54) is 11.1 Å². The molecule has 1 atom stereocenters. The van der Waals surface area contributed by atoms with Crippen LogP contribution in [0.2, 0.25) is 0 Å². The lowest BCUT2D eigenvalue weighted by Crippen LogP contribution is -2.00. The van der Waals surface area contributed by atoms with Gasteiger partial charge in [0.1, 0.15) is 5.75 Å². The van der Waals surface area contributed by atoms with Gasteiger partial charge in [0.25, 0.3) is 0 Å². The molecule has 0 saturated carbocycles. The molecule has 0 saturated heterocycles. The number of nitrogens with zero attached hydrogens (tertiary/aromatic N) is 1. The van der Waals surface area contributed by atoms with E-state index in [9.17, 15) is 0 Å². The first-order valence-corrected chi connectivity index (χ1v) is 5.89. The SMILES string of the molecule is CCC(c1ccc(OC)cc1)c1cccnc1. The summed E-state index contributed by atoms with van der Waals surface area (Å²) in [6, 6.07) is 12.4. The summed E-state index contributed by atoms with van der Waals surface area (Å²) in [6.45, 7) is 2.20. The molecular weight excluding hydrogens is 210 g/mol. The summed E-state index contributed by atoms with van der Waals surface area (Å²) < 4.78 is 5.18. The maximum atomic E-state index is 5.18. The molecular formula is C15H17NO. The van der Waals surface area contributed by atoms with E-state index in [0.29, 0.717) is 5.92 Å². The van der Waals surface area contributed by atoms with Crippen molar-refractivity contribution in [2.75, 3.05) is 7.11 Å². The van der Waals surface area contributed by atoms with Gasteiger partial charge in [-0.3, -0.25) is 4.98 Å². The molecule has 1 aromatic carbocycles. The van der Waals surface area contributed by atoms with Crippen LogP contribution in [0.1, 0.15) is 30.4 Å². The predicted molar refractivity (Wildman–Crippen MR) is 69.4 cm³/mol. The largest absolute Gasteiger partial charge is 0.497 e. The Kier molecular flexibility index (Phi) is 3.76. The minimum Gasteiger partial charge on any atom is -0.497 e. The molecule has 17 heavy (non-hydrogen) atoms. The van der Waals surface area contributed by atoms with Crippen molar-refractivity contribution in [3.8, 4) is 5.75 Å². The van der Waals surface area contributed by atoms with Crippen LogP contribution < -0.4 is 4.74 Å². The first kappa shape index (κ1) is 11.6. The molecule has 1 aromatic heterocycles. The highest BCUT2D eigenvalue weighted by Crippen LogP contribution is 2.28. The van der Waals surface area contributed by atoms with Crippen LogP contribution in [0, 0.1) is 0 Å². The third-order valence-electron chi connectivity index (χ3n) is 3.01. The van der Waals surface area contributed by atoms with E-state index in [1.807, 2.05) is 30.6 Å². The lowest BCUT2D eigenvalue weighted by Gasteiger charge is -2.15. The molecule has 0 N–H and O–H groups in total. The van der Waals surface area contributed by atoms with Gasteiger partial charge in [-0.25, -0.2) is 0 Å². The summed E-state index contributed by atoms with van der Waals surface area (Å²) in [5, 5.41) is 0. The second-order valence-corrected chi connectivity index (χ2v) is 4.02. The Morgan fingerprint density at radius 3 is 2.41 bits per heavy atom. The van der Waals surface area contributed by atoms with E-state index >= 15 is 0 Å². The van der Waals surface area contributed by atoms with Crippen molar-refractivity contribution in [2.24, 2.45) is 0 Å². The van der Waals surface area contributed by atoms with Crippen LogP contribution in [0.4, 0.5) is 0 Å². The zero-order valence-corrected chi connectivity index (χ0v) is 10.3. The molecule has 0 fully saturated rings. The quantitative estimate of drug-likeness (QED) is 0.795. The maximum Gasteiger partial charge on any atom is 0.118 e. The van der Waals surface area contributed by atoms with Crippen molar-refractivity contribution < 1.29 is 4.74 Å². The fourth-order valence-corrected chi connectivity index (χ4v) is 2.08. The molecule has 0 bridgehead atoms. The second-order valence-electron chi connectivity index (χ2n) is 4.02. The average molecular weight is 227 g/mol. The summed E-state index contributed by atoms with van der Waals surface area (Å²) in [5.41, 5.74) is 2.57. The second kappa shape index (κ2) is 5.48. The van der Waals surface area contributed by atoms with Crippen LogP contribution in [0.3, 0.4) is 0 Å². The third-order valence-corrected chi connectivity index (χ3v) is 3.01. The first-order chi connectivity index (χ1) is 8.35. The zero-order valence-electron chi connectivity index (χ0n) is 10.3. The Balaban J connectivity index is 2.29. The minimum atomic E-state index is 0.412. The summed E-state index contributed by atoms with van der Waals surface area (Å²) in [5.74, 6) is 1.31. The van der Waals surface area contributed by atoms with Gasteiger partial charge in [-0.2, -0.15) is 0 Å². The summed E-state index contributed by atoms with van der Waals surface area (Å²) in [4.78, 5) is 4.19. The van der Waals surface area contributed by atoms with Crippen molar-refractivity contribution >= 4 is 0 Å². The lowest BCUT2D eigenvalue weighted by atomic mass is 9.90. The topological polar surface area (TPSA) is 22.1 Å². The van der Waals surface area contributed by atoms with Gasteiger partial charge in [-0.05, 0) is 35.7 Å². The van der Waals surface area contributed by atoms with E-state index in [-0.39, 0.29) is 0 Å². The van der Waals surface area contributed by atoms with Crippen LogP contribution in [-0.4, -0.2) is 12.1 Å². The summed E-state index contributed by atoms with van der Waals surface area (Å²) in [6.07, 6.45) is 4.82. The predicted octanol–water partition coefficient (Wildman–Crippen LogP) is 3.63. The summed E-state index contributed by atoms with van der Waals surface area (Å²) in [7, 11) is 1.69. The molecule has 2 nitrogen and oxygen atoms in total. The van der Waals surface area contributed by atoms with E-state index in [4.69, 9.17) is 4.74 Å². The van der Waals surface area contributed by atoms with Gasteiger partial charge >= 0.3 is 0 Å². The van der Waals surface area contributed by atoms with Crippen LogP contribution in [-0.2, 0) is 0 Å². The molecule has 0 amide bonds. The van der Waals surface area contributed by atoms with Crippen LogP contribution in [0.5, 0.6) is 5.75 Å². The molecule has 1 unspecified atom stereocenters. The van der Waals surface area contributed by atoms with Crippen molar-refractivity contribution in [3.63, 3.8) is 0 Å². The fourth-order valence-electron chi connectivity index (χ4n) is 2.08. The Morgan fingerprint density at radius 1 is 1.12 bits per heavy atom. The van der Waals surface area contributed by atoms with Gasteiger partial charge in [-0.1, -0.05) is 25.1 Å². The van der Waals surface area contributed by atoms with Crippen molar-refractivity contribution in [2.45, 2.75) is 19.3 Å². The number of hydrogen-bond acceptors (Lipinski definition) is 2. The molecule has 0 aliphatic carbocycles. The van der Waals surface area contributed by atoms with E-state index in [1.54, 1.807) is 7.11 Å². The molecule has 0 radical (unpaired) electrons. The highest BCUT2D eigenvalue weighted by Gasteiger charge is 2.11. The van der Waals surface area contributed by atoms with Gasteiger partial charge in [0.15, 0.2) is 0 Å². The monoisotopic (exact) mass is 227 g/mol. The molecule has 0 aliphatic heterocycles. The van der Waals surface area contributed by atoms with E-state index in [2.05, 4.69) is 30.1 Å². The van der Waals surface area contributed by atoms with Crippen molar-refractivity contribution in [3.05, 3.63) is 59.9 Å². The number of hydrogen-bond donors (Lipinski definition) is 0. The van der Waals surface area contributed by atoms with Crippen molar-refractivity contribution in [1.82, 2.24) is 4.98 Å². The van der Waals surface area contributed by atoms with Gasteiger partial charge in [0.05, 0.1) is 7.11 Å². The zero-order chi connectivity index (χ0) is 12.1. The van der Waals surface area contributed by atoms with Crippen LogP contribution in [0.15, 0.2) is 48.8 Å². The Morgan fingerprint density at radius 2 is 1.88 bits per heavy atom. The normalized spacial score (nSPS) is 12.1. The fraction of sp³-hybridized carbons (Fsp3) is 0.267. The molecule has 0 aliphatic rings. The van der Waals surface area contributed by atoms with E-state index in [0.717, 1.165) is 12.2 Å². The Hall–Kier alpha value is -1.83. The molecule has 2 rings (SSSR count). The Labute approximate surface area is 102 Å². The molecule has 2 aromatic rings. The minimum absolute atomic E-state index is 0.412. The average Bonchev–Trinajstić information content (AvgIpc) is 2.42. The van der Waals surface area contributed by atoms with Gasteiger partial charge in [0, 0.05) is 18.3 Å². The van der Waals surface area contributed by atoms with Gasteiger partial charge in [-0.15, -0.1) is 0 Å². The highest BCUT2D eigenvalue weighted by molar-refractivity contribution is 5.34. The maximum absolute atomic E-state index is 5.18.